The Labute approximate surface area is 119 Å². The number of nitrogens with two attached hydrogens (primary N) is 1. The van der Waals surface area contributed by atoms with Gasteiger partial charge in [-0.15, -0.1) is 0 Å². The Kier molecular flexibility index (Phi) is 4.90. The molecule has 0 heterocycles. The van der Waals surface area contributed by atoms with Crippen molar-refractivity contribution in [3.8, 4) is 0 Å². The lowest BCUT2D eigenvalue weighted by Gasteiger charge is -2.20. The summed E-state index contributed by atoms with van der Waals surface area (Å²) < 4.78 is 0. The summed E-state index contributed by atoms with van der Waals surface area (Å²) in [5, 5.41) is 2.89. The van der Waals surface area contributed by atoms with E-state index in [4.69, 9.17) is 5.73 Å². The average Bonchev–Trinajstić information content (AvgIpc) is 2.63. The van der Waals surface area contributed by atoms with E-state index in [-0.39, 0.29) is 23.7 Å². The van der Waals surface area contributed by atoms with Crippen molar-refractivity contribution in [3.05, 3.63) is 29.8 Å². The van der Waals surface area contributed by atoms with Crippen molar-refractivity contribution in [2.75, 3.05) is 5.32 Å². The molecule has 1 fully saturated rings. The highest BCUT2D eigenvalue weighted by molar-refractivity contribution is 5.97. The quantitative estimate of drug-likeness (QED) is 0.657. The van der Waals surface area contributed by atoms with Crippen LogP contribution in [-0.2, 0) is 4.79 Å². The Morgan fingerprint density at radius 3 is 2.70 bits per heavy atom. The topological polar surface area (TPSA) is 72.2 Å². The number of amides is 1. The normalized spacial score (nSPS) is 22.9. The fourth-order valence-electron chi connectivity index (χ4n) is 2.71. The smallest absolute Gasteiger partial charge is 0.229 e. The highest BCUT2D eigenvalue weighted by atomic mass is 16.2. The molecule has 20 heavy (non-hydrogen) atoms. The molecule has 1 aliphatic rings. The van der Waals surface area contributed by atoms with Crippen LogP contribution in [0.15, 0.2) is 24.3 Å². The number of hydrogen-bond donors (Lipinski definition) is 2. The number of nitrogens with one attached hydrogen (secondary N) is 1. The lowest BCUT2D eigenvalue weighted by molar-refractivity contribution is -0.120. The van der Waals surface area contributed by atoms with Gasteiger partial charge in [-0.05, 0) is 31.9 Å². The highest BCUT2D eigenvalue weighted by Crippen LogP contribution is 2.24. The second-order valence-corrected chi connectivity index (χ2v) is 5.53. The van der Waals surface area contributed by atoms with Crippen LogP contribution in [-0.4, -0.2) is 17.7 Å². The lowest BCUT2D eigenvalue weighted by Crippen LogP contribution is -2.37. The molecule has 1 aliphatic carbocycles. The van der Waals surface area contributed by atoms with Gasteiger partial charge in [-0.1, -0.05) is 31.4 Å². The molecule has 0 aromatic heterocycles. The third kappa shape index (κ3) is 3.67. The van der Waals surface area contributed by atoms with Gasteiger partial charge >= 0.3 is 0 Å². The van der Waals surface area contributed by atoms with E-state index in [0.717, 1.165) is 32.1 Å². The minimum Gasteiger partial charge on any atom is -0.327 e. The van der Waals surface area contributed by atoms with Gasteiger partial charge in [0.25, 0.3) is 0 Å². The van der Waals surface area contributed by atoms with Gasteiger partial charge in [0.15, 0.2) is 5.78 Å². The van der Waals surface area contributed by atoms with Crippen molar-refractivity contribution < 1.29 is 9.59 Å². The minimum absolute atomic E-state index is 0.00716. The van der Waals surface area contributed by atoms with Crippen molar-refractivity contribution >= 4 is 17.4 Å². The molecule has 3 N–H and O–H groups in total. The van der Waals surface area contributed by atoms with Crippen LogP contribution in [0.1, 0.15) is 49.4 Å². The SMILES string of the molecule is CC(=O)c1cccc(NC(=O)C2CCCCCC2N)c1. The molecule has 0 radical (unpaired) electrons. The van der Waals surface area contributed by atoms with Crippen molar-refractivity contribution in [2.45, 2.75) is 45.1 Å². The predicted octanol–water partition coefficient (Wildman–Crippen LogP) is 2.74. The van der Waals surface area contributed by atoms with Crippen molar-refractivity contribution in [3.63, 3.8) is 0 Å². The van der Waals surface area contributed by atoms with Gasteiger partial charge in [0, 0.05) is 17.3 Å². The van der Waals surface area contributed by atoms with E-state index in [1.165, 1.54) is 6.92 Å². The molecule has 2 unspecified atom stereocenters. The van der Waals surface area contributed by atoms with E-state index in [0.29, 0.717) is 11.3 Å². The van der Waals surface area contributed by atoms with Gasteiger partial charge in [0.1, 0.15) is 0 Å². The second-order valence-electron chi connectivity index (χ2n) is 5.53. The van der Waals surface area contributed by atoms with Crippen LogP contribution in [0.2, 0.25) is 0 Å². The van der Waals surface area contributed by atoms with Gasteiger partial charge in [-0.3, -0.25) is 9.59 Å². The molecular formula is C16H22N2O2. The molecule has 2 atom stereocenters. The maximum absolute atomic E-state index is 12.3. The molecule has 1 saturated carbocycles. The van der Waals surface area contributed by atoms with E-state index >= 15 is 0 Å². The summed E-state index contributed by atoms with van der Waals surface area (Å²) in [4.78, 5) is 23.7. The van der Waals surface area contributed by atoms with Gasteiger partial charge in [0.2, 0.25) is 5.91 Å². The molecule has 0 aliphatic heterocycles. The van der Waals surface area contributed by atoms with Gasteiger partial charge < -0.3 is 11.1 Å². The summed E-state index contributed by atoms with van der Waals surface area (Å²) in [6, 6.07) is 6.97. The predicted molar refractivity (Wildman–Crippen MR) is 79.6 cm³/mol. The molecule has 4 nitrogen and oxygen atoms in total. The van der Waals surface area contributed by atoms with Gasteiger partial charge in [0.05, 0.1) is 5.92 Å². The summed E-state index contributed by atoms with van der Waals surface area (Å²) in [6.45, 7) is 1.52. The van der Waals surface area contributed by atoms with E-state index < -0.39 is 0 Å². The number of rotatable bonds is 3. The zero-order valence-electron chi connectivity index (χ0n) is 11.9. The van der Waals surface area contributed by atoms with Crippen LogP contribution in [0.4, 0.5) is 5.69 Å². The van der Waals surface area contributed by atoms with Crippen LogP contribution in [0.3, 0.4) is 0 Å². The summed E-state index contributed by atoms with van der Waals surface area (Å²) in [5.74, 6) is -0.161. The lowest BCUT2D eigenvalue weighted by atomic mass is 9.94. The van der Waals surface area contributed by atoms with E-state index in [1.807, 2.05) is 0 Å². The first-order valence-corrected chi connectivity index (χ1v) is 7.25. The zero-order valence-corrected chi connectivity index (χ0v) is 11.9. The minimum atomic E-state index is -0.126. The summed E-state index contributed by atoms with van der Waals surface area (Å²) in [5.41, 5.74) is 7.37. The summed E-state index contributed by atoms with van der Waals surface area (Å²) in [7, 11) is 0. The molecule has 108 valence electrons. The maximum Gasteiger partial charge on any atom is 0.229 e. The first-order chi connectivity index (χ1) is 9.58. The first-order valence-electron chi connectivity index (χ1n) is 7.25. The Morgan fingerprint density at radius 2 is 1.95 bits per heavy atom. The Hall–Kier alpha value is -1.68. The van der Waals surface area contributed by atoms with E-state index in [2.05, 4.69) is 5.32 Å². The number of anilines is 1. The Morgan fingerprint density at radius 1 is 1.20 bits per heavy atom. The van der Waals surface area contributed by atoms with Crippen LogP contribution >= 0.6 is 0 Å². The van der Waals surface area contributed by atoms with Crippen molar-refractivity contribution in [1.29, 1.82) is 0 Å². The fraction of sp³-hybridized carbons (Fsp3) is 0.500. The highest BCUT2D eigenvalue weighted by Gasteiger charge is 2.27. The van der Waals surface area contributed by atoms with Crippen LogP contribution in [0, 0.1) is 5.92 Å². The molecule has 0 saturated heterocycles. The van der Waals surface area contributed by atoms with Gasteiger partial charge in [-0.25, -0.2) is 0 Å². The number of carbonyl (C=O) groups excluding carboxylic acids is 2. The molecule has 2 rings (SSSR count). The fourth-order valence-corrected chi connectivity index (χ4v) is 2.71. The third-order valence-corrected chi connectivity index (χ3v) is 3.94. The summed E-state index contributed by atoms with van der Waals surface area (Å²) >= 11 is 0. The van der Waals surface area contributed by atoms with Crippen LogP contribution in [0.25, 0.3) is 0 Å². The molecular weight excluding hydrogens is 252 g/mol. The Bertz CT molecular complexity index is 499. The first kappa shape index (κ1) is 14.7. The summed E-state index contributed by atoms with van der Waals surface area (Å²) in [6.07, 6.45) is 5.06. The molecule has 1 amide bonds. The number of ketones is 1. The molecule has 4 heteroatoms. The zero-order chi connectivity index (χ0) is 14.5. The standard InChI is InChI=1S/C16H22N2O2/c1-11(19)12-6-5-7-13(10-12)18-16(20)14-8-3-2-4-9-15(14)17/h5-7,10,14-15H,2-4,8-9,17H2,1H3,(H,18,20). The maximum atomic E-state index is 12.3. The van der Waals surface area contributed by atoms with Crippen LogP contribution < -0.4 is 11.1 Å². The third-order valence-electron chi connectivity index (χ3n) is 3.94. The van der Waals surface area contributed by atoms with Crippen molar-refractivity contribution in [1.82, 2.24) is 0 Å². The average molecular weight is 274 g/mol. The molecule has 1 aromatic carbocycles. The number of benzene rings is 1. The van der Waals surface area contributed by atoms with E-state index in [9.17, 15) is 9.59 Å². The van der Waals surface area contributed by atoms with Crippen molar-refractivity contribution in [2.24, 2.45) is 11.7 Å². The monoisotopic (exact) mass is 274 g/mol. The molecule has 0 spiro atoms. The molecule has 1 aromatic rings. The van der Waals surface area contributed by atoms with Crippen LogP contribution in [0.5, 0.6) is 0 Å². The Balaban J connectivity index is 2.06. The van der Waals surface area contributed by atoms with Gasteiger partial charge in [-0.2, -0.15) is 0 Å². The van der Waals surface area contributed by atoms with E-state index in [1.54, 1.807) is 24.3 Å². The number of hydrogen-bond acceptors (Lipinski definition) is 3. The number of carbonyl (C=O) groups is 2. The second kappa shape index (κ2) is 6.66. The molecule has 0 bridgehead atoms. The number of Topliss-reactive ketones (excluding diaryl/α,β-unsaturated/α-hetero) is 1. The largest absolute Gasteiger partial charge is 0.327 e.